The van der Waals surface area contributed by atoms with Crippen LogP contribution in [0.25, 0.3) is 0 Å². The summed E-state index contributed by atoms with van der Waals surface area (Å²) in [5.41, 5.74) is 0. The number of phenols is 2. The van der Waals surface area contributed by atoms with Crippen LogP contribution >= 0.6 is 11.8 Å². The summed E-state index contributed by atoms with van der Waals surface area (Å²) in [6.45, 7) is 5.45. The van der Waals surface area contributed by atoms with Gasteiger partial charge >= 0.3 is 0 Å². The van der Waals surface area contributed by atoms with Crippen LogP contribution in [0.4, 0.5) is 0 Å². The van der Waals surface area contributed by atoms with E-state index in [1.54, 1.807) is 24.3 Å². The van der Waals surface area contributed by atoms with Crippen molar-refractivity contribution in [3.05, 3.63) is 36.4 Å². The molecule has 2 N–H and O–H groups in total. The molecule has 0 radical (unpaired) electrons. The van der Waals surface area contributed by atoms with E-state index in [2.05, 4.69) is 13.8 Å². The number of hydrogen-bond acceptors (Lipinski definition) is 5. The number of ether oxygens (including phenoxy) is 2. The SMILES string of the molecule is CCCCOc1cc(O)ccc1Sc1ccc(O)cc1OCCCC. The smallest absolute Gasteiger partial charge is 0.136 e. The first-order chi connectivity index (χ1) is 12.1. The highest BCUT2D eigenvalue weighted by Crippen LogP contribution is 2.42. The van der Waals surface area contributed by atoms with Gasteiger partial charge < -0.3 is 19.7 Å². The van der Waals surface area contributed by atoms with Crippen molar-refractivity contribution in [1.29, 1.82) is 0 Å². The molecule has 0 unspecified atom stereocenters. The number of hydrogen-bond donors (Lipinski definition) is 2. The van der Waals surface area contributed by atoms with Crippen LogP contribution in [0.3, 0.4) is 0 Å². The minimum absolute atomic E-state index is 0.181. The third-order valence-electron chi connectivity index (χ3n) is 3.59. The van der Waals surface area contributed by atoms with Gasteiger partial charge in [0.2, 0.25) is 0 Å². The van der Waals surface area contributed by atoms with Gasteiger partial charge in [0.15, 0.2) is 0 Å². The van der Waals surface area contributed by atoms with Crippen molar-refractivity contribution in [3.63, 3.8) is 0 Å². The van der Waals surface area contributed by atoms with Gasteiger partial charge in [0, 0.05) is 12.1 Å². The molecule has 0 fully saturated rings. The van der Waals surface area contributed by atoms with Gasteiger partial charge in [-0.05, 0) is 37.1 Å². The molecule has 25 heavy (non-hydrogen) atoms. The summed E-state index contributed by atoms with van der Waals surface area (Å²) in [4.78, 5) is 1.81. The van der Waals surface area contributed by atoms with Gasteiger partial charge in [-0.15, -0.1) is 0 Å². The van der Waals surface area contributed by atoms with E-state index >= 15 is 0 Å². The molecule has 0 aliphatic carbocycles. The van der Waals surface area contributed by atoms with Crippen LogP contribution in [0, 0.1) is 0 Å². The second-order valence-electron chi connectivity index (χ2n) is 5.77. The molecule has 5 heteroatoms. The number of aromatic hydroxyl groups is 2. The Morgan fingerprint density at radius 1 is 0.760 bits per heavy atom. The lowest BCUT2D eigenvalue weighted by Gasteiger charge is -2.14. The van der Waals surface area contributed by atoms with E-state index in [0.717, 1.165) is 35.5 Å². The van der Waals surface area contributed by atoms with Gasteiger partial charge in [0.1, 0.15) is 23.0 Å². The first kappa shape index (κ1) is 19.3. The van der Waals surface area contributed by atoms with Crippen LogP contribution in [-0.4, -0.2) is 23.4 Å². The summed E-state index contributed by atoms with van der Waals surface area (Å²) in [6.07, 6.45) is 4.03. The number of unbranched alkanes of at least 4 members (excludes halogenated alkanes) is 2. The lowest BCUT2D eigenvalue weighted by molar-refractivity contribution is 0.299. The molecule has 0 bridgehead atoms. The van der Waals surface area contributed by atoms with Crippen LogP contribution in [0.2, 0.25) is 0 Å². The van der Waals surface area contributed by atoms with Crippen molar-refractivity contribution in [3.8, 4) is 23.0 Å². The third kappa shape index (κ3) is 6.09. The van der Waals surface area contributed by atoms with Crippen molar-refractivity contribution in [2.45, 2.75) is 49.3 Å². The second-order valence-corrected chi connectivity index (χ2v) is 6.85. The maximum absolute atomic E-state index is 9.75. The zero-order chi connectivity index (χ0) is 18.1. The molecule has 2 rings (SSSR count). The van der Waals surface area contributed by atoms with Crippen molar-refractivity contribution >= 4 is 11.8 Å². The highest BCUT2D eigenvalue weighted by atomic mass is 32.2. The van der Waals surface area contributed by atoms with E-state index < -0.39 is 0 Å². The van der Waals surface area contributed by atoms with Gasteiger partial charge in [0.05, 0.1) is 23.0 Å². The number of phenolic OH excluding ortho intramolecular Hbond substituents is 2. The Morgan fingerprint density at radius 2 is 1.20 bits per heavy atom. The lowest BCUT2D eigenvalue weighted by atomic mass is 10.3. The molecule has 2 aromatic rings. The Kier molecular flexibility index (Phi) is 7.79. The van der Waals surface area contributed by atoms with Crippen molar-refractivity contribution < 1.29 is 19.7 Å². The molecule has 0 aliphatic rings. The maximum Gasteiger partial charge on any atom is 0.136 e. The molecule has 2 aromatic carbocycles. The summed E-state index contributed by atoms with van der Waals surface area (Å²) >= 11 is 1.50. The average Bonchev–Trinajstić information content (AvgIpc) is 2.59. The highest BCUT2D eigenvalue weighted by molar-refractivity contribution is 7.99. The minimum atomic E-state index is 0.181. The van der Waals surface area contributed by atoms with E-state index in [9.17, 15) is 10.2 Å². The zero-order valence-electron chi connectivity index (χ0n) is 14.8. The van der Waals surface area contributed by atoms with Crippen molar-refractivity contribution in [1.82, 2.24) is 0 Å². The molecule has 0 spiro atoms. The third-order valence-corrected chi connectivity index (χ3v) is 4.70. The molecule has 0 saturated heterocycles. The fourth-order valence-electron chi connectivity index (χ4n) is 2.16. The first-order valence-electron chi connectivity index (χ1n) is 8.73. The Balaban J connectivity index is 2.20. The lowest BCUT2D eigenvalue weighted by Crippen LogP contribution is -1.99. The quantitative estimate of drug-likeness (QED) is 0.538. The molecule has 0 heterocycles. The van der Waals surface area contributed by atoms with Gasteiger partial charge in [-0.2, -0.15) is 0 Å². The summed E-state index contributed by atoms with van der Waals surface area (Å²) in [7, 11) is 0. The largest absolute Gasteiger partial charge is 0.508 e. The monoisotopic (exact) mass is 362 g/mol. The predicted molar refractivity (Wildman–Crippen MR) is 101 cm³/mol. The van der Waals surface area contributed by atoms with Crippen molar-refractivity contribution in [2.24, 2.45) is 0 Å². The normalized spacial score (nSPS) is 10.6. The Morgan fingerprint density at radius 3 is 1.60 bits per heavy atom. The van der Waals surface area contributed by atoms with Crippen LogP contribution in [0.15, 0.2) is 46.2 Å². The highest BCUT2D eigenvalue weighted by Gasteiger charge is 2.12. The summed E-state index contributed by atoms with van der Waals surface area (Å²) < 4.78 is 11.6. The first-order valence-corrected chi connectivity index (χ1v) is 9.55. The maximum atomic E-state index is 9.75. The Hall–Kier alpha value is -2.01. The Labute approximate surface area is 153 Å². The molecular formula is C20H26O4S. The van der Waals surface area contributed by atoms with Gasteiger partial charge in [-0.1, -0.05) is 38.5 Å². The molecule has 4 nitrogen and oxygen atoms in total. The van der Waals surface area contributed by atoms with Crippen LogP contribution in [0.1, 0.15) is 39.5 Å². The van der Waals surface area contributed by atoms with Crippen LogP contribution in [0.5, 0.6) is 23.0 Å². The average molecular weight is 362 g/mol. The van der Waals surface area contributed by atoms with Crippen LogP contribution < -0.4 is 9.47 Å². The van der Waals surface area contributed by atoms with E-state index in [-0.39, 0.29) is 11.5 Å². The Bertz CT molecular complexity index is 615. The fraction of sp³-hybridized carbons (Fsp3) is 0.400. The standard InChI is InChI=1S/C20H26O4S/c1-3-5-11-23-17-13-15(21)7-9-19(17)25-20-10-8-16(22)14-18(20)24-12-6-4-2/h7-10,13-14,21-22H,3-6,11-12H2,1-2H3. The van der Waals surface area contributed by atoms with Crippen molar-refractivity contribution in [2.75, 3.05) is 13.2 Å². The number of rotatable bonds is 10. The molecule has 136 valence electrons. The fourth-order valence-corrected chi connectivity index (χ4v) is 3.11. The molecule has 0 aromatic heterocycles. The van der Waals surface area contributed by atoms with Gasteiger partial charge in [-0.3, -0.25) is 0 Å². The van der Waals surface area contributed by atoms with E-state index in [1.807, 2.05) is 12.1 Å². The zero-order valence-corrected chi connectivity index (χ0v) is 15.6. The second kappa shape index (κ2) is 10.1. The molecule has 0 amide bonds. The van der Waals surface area contributed by atoms with Crippen LogP contribution in [-0.2, 0) is 0 Å². The predicted octanol–water partition coefficient (Wildman–Crippen LogP) is 5.61. The molecular weight excluding hydrogens is 336 g/mol. The van der Waals surface area contributed by atoms with E-state index in [1.165, 1.54) is 11.8 Å². The number of benzene rings is 2. The summed E-state index contributed by atoms with van der Waals surface area (Å²) in [6, 6.07) is 10.2. The van der Waals surface area contributed by atoms with Gasteiger partial charge in [-0.25, -0.2) is 0 Å². The van der Waals surface area contributed by atoms with E-state index in [0.29, 0.717) is 24.7 Å². The topological polar surface area (TPSA) is 58.9 Å². The molecule has 0 atom stereocenters. The minimum Gasteiger partial charge on any atom is -0.508 e. The molecule has 0 saturated carbocycles. The summed E-state index contributed by atoms with van der Waals surface area (Å²) in [5, 5.41) is 19.5. The summed E-state index contributed by atoms with van der Waals surface area (Å²) in [5.74, 6) is 1.68. The van der Waals surface area contributed by atoms with E-state index in [4.69, 9.17) is 9.47 Å². The van der Waals surface area contributed by atoms with Gasteiger partial charge in [0.25, 0.3) is 0 Å². The molecule has 0 aliphatic heterocycles.